The summed E-state index contributed by atoms with van der Waals surface area (Å²) in [6.07, 6.45) is 12.0. The molecule has 0 aromatic rings. The van der Waals surface area contributed by atoms with E-state index in [2.05, 4.69) is 10.0 Å². The summed E-state index contributed by atoms with van der Waals surface area (Å²) in [5.41, 5.74) is 0.437. The second kappa shape index (κ2) is 7.38. The monoisotopic (exact) mass is 344 g/mol. The molecule has 0 aromatic heterocycles. The summed E-state index contributed by atoms with van der Waals surface area (Å²) in [6, 6.07) is 0.700. The first-order valence-electron chi connectivity index (χ1n) is 9.27. The lowest BCUT2D eigenvalue weighted by atomic mass is 9.75. The van der Waals surface area contributed by atoms with Gasteiger partial charge >= 0.3 is 0 Å². The average Bonchev–Trinajstić information content (AvgIpc) is 2.88. The first kappa shape index (κ1) is 17.6. The Bertz CT molecular complexity index is 488. The molecule has 5 nitrogen and oxygen atoms in total. The largest absolute Gasteiger partial charge is 0.381 e. The predicted molar refractivity (Wildman–Crippen MR) is 91.9 cm³/mol. The lowest BCUT2D eigenvalue weighted by molar-refractivity contribution is 0.00341. The molecule has 2 aliphatic carbocycles. The third kappa shape index (κ3) is 4.47. The maximum Gasteiger partial charge on any atom is 0.208 e. The number of ether oxygens (including phenoxy) is 1. The molecular formula is C17H32N2O3S. The minimum atomic E-state index is -3.12. The van der Waals surface area contributed by atoms with Crippen molar-refractivity contribution in [3.05, 3.63) is 0 Å². The number of rotatable bonds is 5. The minimum Gasteiger partial charge on any atom is -0.381 e. The van der Waals surface area contributed by atoms with Gasteiger partial charge in [0.05, 0.1) is 6.26 Å². The summed E-state index contributed by atoms with van der Waals surface area (Å²) in [6.45, 7) is 2.75. The van der Waals surface area contributed by atoms with E-state index in [9.17, 15) is 8.42 Å². The van der Waals surface area contributed by atoms with Gasteiger partial charge in [0.25, 0.3) is 0 Å². The van der Waals surface area contributed by atoms with Crippen molar-refractivity contribution in [3.8, 4) is 0 Å². The van der Waals surface area contributed by atoms with Gasteiger partial charge in [0.1, 0.15) is 0 Å². The van der Waals surface area contributed by atoms with Gasteiger partial charge in [-0.1, -0.05) is 19.3 Å². The van der Waals surface area contributed by atoms with Crippen LogP contribution in [0.4, 0.5) is 0 Å². The summed E-state index contributed by atoms with van der Waals surface area (Å²) >= 11 is 0. The fourth-order valence-corrected chi connectivity index (χ4v) is 5.87. The molecule has 1 heterocycles. The van der Waals surface area contributed by atoms with Gasteiger partial charge in [-0.2, -0.15) is 0 Å². The molecule has 1 spiro atoms. The molecule has 3 aliphatic rings. The molecule has 3 rings (SSSR count). The lowest BCUT2D eigenvalue weighted by Gasteiger charge is -2.41. The molecule has 0 aromatic carbocycles. The van der Waals surface area contributed by atoms with Crippen LogP contribution >= 0.6 is 0 Å². The fourth-order valence-electron chi connectivity index (χ4n) is 5.01. The molecule has 134 valence electrons. The average molecular weight is 345 g/mol. The smallest absolute Gasteiger partial charge is 0.208 e. The molecule has 1 saturated heterocycles. The van der Waals surface area contributed by atoms with Gasteiger partial charge in [-0.05, 0) is 56.4 Å². The topological polar surface area (TPSA) is 67.4 Å². The van der Waals surface area contributed by atoms with Gasteiger partial charge in [0.2, 0.25) is 10.0 Å². The van der Waals surface area contributed by atoms with Crippen molar-refractivity contribution in [2.45, 2.75) is 69.9 Å². The molecule has 3 unspecified atom stereocenters. The minimum absolute atomic E-state index is 0.110. The van der Waals surface area contributed by atoms with Crippen LogP contribution in [-0.4, -0.2) is 46.5 Å². The lowest BCUT2D eigenvalue weighted by Crippen LogP contribution is -2.50. The van der Waals surface area contributed by atoms with Crippen LogP contribution in [0.3, 0.4) is 0 Å². The van der Waals surface area contributed by atoms with Gasteiger partial charge in [0, 0.05) is 25.3 Å². The van der Waals surface area contributed by atoms with Crippen molar-refractivity contribution in [1.29, 1.82) is 0 Å². The number of hydrogen-bond donors (Lipinski definition) is 2. The summed E-state index contributed by atoms with van der Waals surface area (Å²) < 4.78 is 31.6. The van der Waals surface area contributed by atoms with Crippen LogP contribution in [0.2, 0.25) is 0 Å². The van der Waals surface area contributed by atoms with Crippen LogP contribution in [0.25, 0.3) is 0 Å². The predicted octanol–water partition coefficient (Wildman–Crippen LogP) is 2.03. The Balaban J connectivity index is 1.57. The highest BCUT2D eigenvalue weighted by Gasteiger charge is 2.43. The van der Waals surface area contributed by atoms with E-state index in [1.54, 1.807) is 0 Å². The Kier molecular flexibility index (Phi) is 5.66. The van der Waals surface area contributed by atoms with Crippen molar-refractivity contribution in [3.63, 3.8) is 0 Å². The Morgan fingerprint density at radius 2 is 1.78 bits per heavy atom. The normalized spacial score (nSPS) is 34.7. The molecular weight excluding hydrogens is 312 g/mol. The third-order valence-electron chi connectivity index (χ3n) is 6.30. The van der Waals surface area contributed by atoms with E-state index in [0.29, 0.717) is 17.4 Å². The van der Waals surface area contributed by atoms with Crippen LogP contribution in [0, 0.1) is 11.3 Å². The van der Waals surface area contributed by atoms with Crippen molar-refractivity contribution >= 4 is 10.0 Å². The maximum atomic E-state index is 11.6. The Hall–Kier alpha value is -0.170. The van der Waals surface area contributed by atoms with Gasteiger partial charge in [-0.25, -0.2) is 13.1 Å². The zero-order valence-electron chi connectivity index (χ0n) is 14.4. The van der Waals surface area contributed by atoms with E-state index in [0.717, 1.165) is 39.0 Å². The van der Waals surface area contributed by atoms with E-state index in [4.69, 9.17) is 4.74 Å². The molecule has 1 aliphatic heterocycles. The molecule has 2 saturated carbocycles. The highest BCUT2D eigenvalue weighted by molar-refractivity contribution is 7.88. The molecule has 0 radical (unpaired) electrons. The summed E-state index contributed by atoms with van der Waals surface area (Å²) in [4.78, 5) is 0. The molecule has 0 bridgehead atoms. The summed E-state index contributed by atoms with van der Waals surface area (Å²) in [7, 11) is -3.12. The van der Waals surface area contributed by atoms with Crippen LogP contribution in [0.1, 0.15) is 57.8 Å². The molecule has 2 N–H and O–H groups in total. The number of sulfonamides is 1. The second-order valence-corrected chi connectivity index (χ2v) is 9.65. The maximum absolute atomic E-state index is 11.6. The van der Waals surface area contributed by atoms with Gasteiger partial charge < -0.3 is 10.1 Å². The Morgan fingerprint density at radius 1 is 1.04 bits per heavy atom. The molecule has 23 heavy (non-hydrogen) atoms. The van der Waals surface area contributed by atoms with Crippen molar-refractivity contribution in [2.75, 3.05) is 26.0 Å². The van der Waals surface area contributed by atoms with E-state index in [1.807, 2.05) is 0 Å². The number of hydrogen-bond acceptors (Lipinski definition) is 4. The van der Waals surface area contributed by atoms with Crippen LogP contribution < -0.4 is 10.0 Å². The van der Waals surface area contributed by atoms with Gasteiger partial charge in [0.15, 0.2) is 0 Å². The van der Waals surface area contributed by atoms with Crippen molar-refractivity contribution in [1.82, 2.24) is 10.0 Å². The zero-order chi connectivity index (χ0) is 16.3. The first-order valence-corrected chi connectivity index (χ1v) is 11.2. The summed E-state index contributed by atoms with van der Waals surface area (Å²) in [5.74, 6) is 0.427. The van der Waals surface area contributed by atoms with E-state index >= 15 is 0 Å². The third-order valence-corrected chi connectivity index (χ3v) is 7.03. The van der Waals surface area contributed by atoms with Crippen molar-refractivity contribution < 1.29 is 13.2 Å². The summed E-state index contributed by atoms with van der Waals surface area (Å²) in [5, 5.41) is 3.84. The highest BCUT2D eigenvalue weighted by Crippen LogP contribution is 2.46. The standard InChI is InChI=1S/C17H32N2O3S/c1-23(20,21)19-15-6-3-2-5-14(15)13-18-16-7-4-8-17(16)9-11-22-12-10-17/h14-16,18-19H,2-13H2,1H3. The Labute approximate surface area is 141 Å². The van der Waals surface area contributed by atoms with Gasteiger partial charge in [-0.15, -0.1) is 0 Å². The zero-order valence-corrected chi connectivity index (χ0v) is 15.2. The Morgan fingerprint density at radius 3 is 2.52 bits per heavy atom. The van der Waals surface area contributed by atoms with Gasteiger partial charge in [-0.3, -0.25) is 0 Å². The number of nitrogens with one attached hydrogen (secondary N) is 2. The first-order chi connectivity index (χ1) is 11.0. The van der Waals surface area contributed by atoms with E-state index < -0.39 is 10.0 Å². The quantitative estimate of drug-likeness (QED) is 0.801. The molecule has 6 heteroatoms. The fraction of sp³-hybridized carbons (Fsp3) is 1.00. The van der Waals surface area contributed by atoms with E-state index in [-0.39, 0.29) is 6.04 Å². The molecule has 0 amide bonds. The molecule has 3 fully saturated rings. The van der Waals surface area contributed by atoms with Crippen LogP contribution in [0.15, 0.2) is 0 Å². The van der Waals surface area contributed by atoms with Crippen LogP contribution in [0.5, 0.6) is 0 Å². The second-order valence-electron chi connectivity index (χ2n) is 7.87. The van der Waals surface area contributed by atoms with E-state index in [1.165, 1.54) is 44.8 Å². The molecule has 3 atom stereocenters. The van der Waals surface area contributed by atoms with Crippen molar-refractivity contribution in [2.24, 2.45) is 11.3 Å². The van der Waals surface area contributed by atoms with Crippen LogP contribution in [-0.2, 0) is 14.8 Å². The SMILES string of the molecule is CS(=O)(=O)NC1CCCCC1CNC1CCCC12CCOCC2. The highest BCUT2D eigenvalue weighted by atomic mass is 32.2.